The van der Waals surface area contributed by atoms with Gasteiger partial charge in [-0.05, 0) is 6.07 Å². The summed E-state index contributed by atoms with van der Waals surface area (Å²) in [6, 6.07) is 5.70. The van der Waals surface area contributed by atoms with Crippen molar-refractivity contribution in [2.45, 2.75) is 12.5 Å². The number of halogens is 3. The minimum atomic E-state index is -4.76. The van der Waals surface area contributed by atoms with Gasteiger partial charge in [0.1, 0.15) is 18.5 Å². The second kappa shape index (κ2) is 4.85. The second-order valence-electron chi connectivity index (χ2n) is 3.69. The average Bonchev–Trinajstić information content (AvgIpc) is 2.29. The summed E-state index contributed by atoms with van der Waals surface area (Å²) in [5, 5.41) is 2.52. The monoisotopic (exact) mass is 261 g/mol. The largest absolute Gasteiger partial charge is 0.573 e. The normalized spacial score (nSPS) is 20.4. The van der Waals surface area contributed by atoms with Crippen molar-refractivity contribution in [1.29, 1.82) is 0 Å². The number of alkyl halides is 3. The Hall–Kier alpha value is -1.76. The van der Waals surface area contributed by atoms with Gasteiger partial charge in [0.15, 0.2) is 0 Å². The van der Waals surface area contributed by atoms with Gasteiger partial charge >= 0.3 is 6.36 Å². The average molecular weight is 261 g/mol. The number of carbonyl (C=O) groups is 1. The fraction of sp³-hybridized carbons (Fsp3) is 0.364. The zero-order valence-corrected chi connectivity index (χ0v) is 9.16. The minimum Gasteiger partial charge on any atom is -0.405 e. The number of hydrogen-bond donors (Lipinski definition) is 1. The predicted octanol–water partition coefficient (Wildman–Crippen LogP) is 1.77. The molecule has 1 aliphatic rings. The first-order valence-corrected chi connectivity index (χ1v) is 5.19. The van der Waals surface area contributed by atoms with Crippen LogP contribution in [0.25, 0.3) is 0 Å². The number of nitrogens with one attached hydrogen (secondary N) is 1. The topological polar surface area (TPSA) is 47.6 Å². The zero-order valence-electron chi connectivity index (χ0n) is 9.16. The first-order valence-electron chi connectivity index (χ1n) is 5.19. The van der Waals surface area contributed by atoms with Crippen molar-refractivity contribution >= 4 is 5.91 Å². The number of ether oxygens (including phenoxy) is 2. The number of amides is 1. The molecule has 1 saturated heterocycles. The van der Waals surface area contributed by atoms with Crippen molar-refractivity contribution in [3.8, 4) is 5.75 Å². The third-order valence-electron chi connectivity index (χ3n) is 2.39. The molecule has 0 unspecified atom stereocenters. The number of carbonyl (C=O) groups excluding carboxylic acids is 1. The van der Waals surface area contributed by atoms with Gasteiger partial charge < -0.3 is 14.8 Å². The molecule has 0 spiro atoms. The number of rotatable bonds is 2. The number of morpholine rings is 1. The molecule has 1 N–H and O–H groups in total. The van der Waals surface area contributed by atoms with E-state index in [4.69, 9.17) is 4.74 Å². The molecule has 7 heteroatoms. The Morgan fingerprint density at radius 2 is 2.06 bits per heavy atom. The summed E-state index contributed by atoms with van der Waals surface area (Å²) in [5.41, 5.74) is 0.259. The van der Waals surface area contributed by atoms with Gasteiger partial charge in [0.2, 0.25) is 5.91 Å². The standard InChI is InChI=1S/C11H10F3NO3/c12-11(13,14)18-8-4-2-1-3-7(8)9-5-15-10(16)6-17-9/h1-4,9H,5-6H2,(H,15,16)/t9-/m1/s1. The molecule has 2 rings (SSSR count). The van der Waals surface area contributed by atoms with Gasteiger partial charge in [0.25, 0.3) is 0 Å². The lowest BCUT2D eigenvalue weighted by Crippen LogP contribution is -2.38. The molecule has 1 amide bonds. The Morgan fingerprint density at radius 1 is 1.33 bits per heavy atom. The predicted molar refractivity (Wildman–Crippen MR) is 54.8 cm³/mol. The van der Waals surface area contributed by atoms with Crippen LogP contribution in [0.5, 0.6) is 5.75 Å². The molecule has 18 heavy (non-hydrogen) atoms. The highest BCUT2D eigenvalue weighted by Crippen LogP contribution is 2.32. The summed E-state index contributed by atoms with van der Waals surface area (Å²) in [5.74, 6) is -0.605. The van der Waals surface area contributed by atoms with E-state index in [-0.39, 0.29) is 30.4 Å². The summed E-state index contributed by atoms with van der Waals surface area (Å²) in [7, 11) is 0. The first kappa shape index (κ1) is 12.7. The molecular formula is C11H10F3NO3. The highest BCUT2D eigenvalue weighted by atomic mass is 19.4. The van der Waals surface area contributed by atoms with E-state index in [2.05, 4.69) is 10.1 Å². The molecule has 0 bridgehead atoms. The molecule has 98 valence electrons. The van der Waals surface area contributed by atoms with Crippen molar-refractivity contribution in [1.82, 2.24) is 5.32 Å². The second-order valence-corrected chi connectivity index (χ2v) is 3.69. The Morgan fingerprint density at radius 3 is 2.67 bits per heavy atom. The lowest BCUT2D eigenvalue weighted by atomic mass is 10.1. The molecule has 1 heterocycles. The van der Waals surface area contributed by atoms with E-state index in [1.165, 1.54) is 18.2 Å². The third kappa shape index (κ3) is 3.13. The van der Waals surface area contributed by atoms with E-state index >= 15 is 0 Å². The Labute approximate surface area is 101 Å². The quantitative estimate of drug-likeness (QED) is 0.882. The maximum absolute atomic E-state index is 12.2. The van der Waals surface area contributed by atoms with E-state index in [0.717, 1.165) is 0 Å². The van der Waals surface area contributed by atoms with Crippen LogP contribution in [-0.4, -0.2) is 25.4 Å². The summed E-state index contributed by atoms with van der Waals surface area (Å²) < 4.78 is 45.7. The molecule has 1 aromatic carbocycles. The summed E-state index contributed by atoms with van der Waals surface area (Å²) in [6.45, 7) is -0.0535. The molecule has 1 aliphatic heterocycles. The van der Waals surface area contributed by atoms with Gasteiger partial charge in [0, 0.05) is 12.1 Å². The Balaban J connectivity index is 2.19. The number of para-hydroxylation sites is 1. The van der Waals surface area contributed by atoms with Crippen LogP contribution in [0.2, 0.25) is 0 Å². The Kier molecular flexibility index (Phi) is 3.42. The maximum atomic E-state index is 12.2. The molecule has 0 aromatic heterocycles. The third-order valence-corrected chi connectivity index (χ3v) is 2.39. The maximum Gasteiger partial charge on any atom is 0.573 e. The summed E-state index contributed by atoms with van der Waals surface area (Å²) >= 11 is 0. The number of hydrogen-bond acceptors (Lipinski definition) is 3. The van der Waals surface area contributed by atoms with Crippen LogP contribution in [0, 0.1) is 0 Å². The van der Waals surface area contributed by atoms with E-state index in [0.29, 0.717) is 0 Å². The lowest BCUT2D eigenvalue weighted by Gasteiger charge is -2.25. The van der Waals surface area contributed by atoms with Crippen LogP contribution in [0.4, 0.5) is 13.2 Å². The van der Waals surface area contributed by atoms with E-state index in [1.54, 1.807) is 6.07 Å². The van der Waals surface area contributed by atoms with E-state index < -0.39 is 12.5 Å². The highest BCUT2D eigenvalue weighted by Gasteiger charge is 2.33. The van der Waals surface area contributed by atoms with Crippen molar-refractivity contribution in [3.05, 3.63) is 29.8 Å². The number of benzene rings is 1. The lowest BCUT2D eigenvalue weighted by molar-refractivity contribution is -0.275. The molecule has 1 atom stereocenters. The van der Waals surface area contributed by atoms with E-state index in [9.17, 15) is 18.0 Å². The minimum absolute atomic E-state index is 0.122. The van der Waals surface area contributed by atoms with Crippen molar-refractivity contribution in [2.24, 2.45) is 0 Å². The fourth-order valence-corrected chi connectivity index (χ4v) is 1.66. The SMILES string of the molecule is O=C1CO[C@@H](c2ccccc2OC(F)(F)F)CN1. The summed E-state index contributed by atoms with van der Waals surface area (Å²) in [6.07, 6.45) is -5.39. The van der Waals surface area contributed by atoms with Crippen molar-refractivity contribution in [2.75, 3.05) is 13.2 Å². The smallest absolute Gasteiger partial charge is 0.405 e. The Bertz CT molecular complexity index is 437. The van der Waals surface area contributed by atoms with Gasteiger partial charge in [-0.1, -0.05) is 18.2 Å². The van der Waals surface area contributed by atoms with Crippen molar-refractivity contribution in [3.63, 3.8) is 0 Å². The van der Waals surface area contributed by atoms with Gasteiger partial charge in [0.05, 0.1) is 0 Å². The summed E-state index contributed by atoms with van der Waals surface area (Å²) in [4.78, 5) is 10.9. The van der Waals surface area contributed by atoms with Crippen LogP contribution >= 0.6 is 0 Å². The van der Waals surface area contributed by atoms with Gasteiger partial charge in [-0.2, -0.15) is 0 Å². The van der Waals surface area contributed by atoms with Gasteiger partial charge in [-0.25, -0.2) is 0 Å². The van der Waals surface area contributed by atoms with Crippen LogP contribution < -0.4 is 10.1 Å². The fourth-order valence-electron chi connectivity index (χ4n) is 1.66. The molecule has 1 aromatic rings. The first-order chi connectivity index (χ1) is 8.46. The molecule has 0 saturated carbocycles. The van der Waals surface area contributed by atoms with Crippen LogP contribution in [0.15, 0.2) is 24.3 Å². The molecule has 4 nitrogen and oxygen atoms in total. The molecule has 0 aliphatic carbocycles. The zero-order chi connectivity index (χ0) is 13.2. The van der Waals surface area contributed by atoms with Crippen molar-refractivity contribution < 1.29 is 27.4 Å². The molecule has 0 radical (unpaired) electrons. The van der Waals surface area contributed by atoms with Gasteiger partial charge in [-0.15, -0.1) is 13.2 Å². The molecule has 1 fully saturated rings. The van der Waals surface area contributed by atoms with Gasteiger partial charge in [-0.3, -0.25) is 4.79 Å². The molecular weight excluding hydrogens is 251 g/mol. The van der Waals surface area contributed by atoms with E-state index in [1.807, 2.05) is 0 Å². The van der Waals surface area contributed by atoms with Crippen LogP contribution in [0.3, 0.4) is 0 Å². The van der Waals surface area contributed by atoms with Crippen LogP contribution in [0.1, 0.15) is 11.7 Å². The highest BCUT2D eigenvalue weighted by molar-refractivity contribution is 5.77. The van der Waals surface area contributed by atoms with Crippen LogP contribution in [-0.2, 0) is 9.53 Å².